The molecular formula is C15H19NO3. The van der Waals surface area contributed by atoms with Crippen LogP contribution in [-0.2, 0) is 6.54 Å². The molecule has 0 aliphatic carbocycles. The fourth-order valence-corrected chi connectivity index (χ4v) is 3.75. The molecule has 1 aromatic rings. The normalized spacial score (nSPS) is 32.8. The van der Waals surface area contributed by atoms with Gasteiger partial charge in [0.15, 0.2) is 11.5 Å². The van der Waals surface area contributed by atoms with Crippen LogP contribution in [0, 0.1) is 0 Å². The van der Waals surface area contributed by atoms with Crippen LogP contribution in [0.25, 0.3) is 0 Å². The lowest BCUT2D eigenvalue weighted by Crippen LogP contribution is -2.44. The molecular weight excluding hydrogens is 242 g/mol. The minimum atomic E-state index is -0.0921. The first kappa shape index (κ1) is 11.6. The van der Waals surface area contributed by atoms with Crippen LogP contribution in [-0.4, -0.2) is 35.0 Å². The molecule has 0 aromatic heterocycles. The van der Waals surface area contributed by atoms with Crippen molar-refractivity contribution in [3.63, 3.8) is 0 Å². The van der Waals surface area contributed by atoms with Crippen molar-refractivity contribution in [3.05, 3.63) is 23.8 Å². The van der Waals surface area contributed by atoms with E-state index in [0.717, 1.165) is 30.9 Å². The van der Waals surface area contributed by atoms with Crippen LogP contribution in [0.2, 0.25) is 0 Å². The summed E-state index contributed by atoms with van der Waals surface area (Å²) in [7, 11) is 0. The Kier molecular flexibility index (Phi) is 2.67. The van der Waals surface area contributed by atoms with Gasteiger partial charge in [-0.2, -0.15) is 0 Å². The van der Waals surface area contributed by atoms with Crippen LogP contribution in [0.1, 0.15) is 31.2 Å². The van der Waals surface area contributed by atoms with Crippen LogP contribution in [0.4, 0.5) is 0 Å². The van der Waals surface area contributed by atoms with E-state index in [4.69, 9.17) is 9.47 Å². The van der Waals surface area contributed by atoms with Crippen LogP contribution >= 0.6 is 0 Å². The smallest absolute Gasteiger partial charge is 0.231 e. The van der Waals surface area contributed by atoms with E-state index in [0.29, 0.717) is 18.9 Å². The summed E-state index contributed by atoms with van der Waals surface area (Å²) >= 11 is 0. The van der Waals surface area contributed by atoms with Gasteiger partial charge >= 0.3 is 0 Å². The molecule has 4 rings (SSSR count). The highest BCUT2D eigenvalue weighted by Gasteiger charge is 2.39. The number of hydrogen-bond acceptors (Lipinski definition) is 4. The number of piperidine rings is 1. The molecule has 2 atom stereocenters. The quantitative estimate of drug-likeness (QED) is 0.883. The van der Waals surface area contributed by atoms with Gasteiger partial charge in [-0.3, -0.25) is 4.90 Å². The summed E-state index contributed by atoms with van der Waals surface area (Å²) in [5, 5.41) is 9.84. The Morgan fingerprint density at radius 3 is 2.63 bits per heavy atom. The number of nitrogens with zero attached hydrogens (tertiary/aromatic N) is 1. The van der Waals surface area contributed by atoms with Gasteiger partial charge in [-0.05, 0) is 43.4 Å². The summed E-state index contributed by atoms with van der Waals surface area (Å²) in [6, 6.07) is 7.32. The summed E-state index contributed by atoms with van der Waals surface area (Å²) < 4.78 is 10.8. The van der Waals surface area contributed by atoms with Crippen molar-refractivity contribution in [1.82, 2.24) is 4.90 Å². The Hall–Kier alpha value is -1.26. The van der Waals surface area contributed by atoms with Crippen LogP contribution in [0.5, 0.6) is 11.5 Å². The maximum Gasteiger partial charge on any atom is 0.231 e. The average Bonchev–Trinajstić information content (AvgIpc) is 2.94. The third kappa shape index (κ3) is 1.99. The maximum atomic E-state index is 9.84. The highest BCUT2D eigenvalue weighted by molar-refractivity contribution is 5.44. The fourth-order valence-electron chi connectivity index (χ4n) is 3.75. The van der Waals surface area contributed by atoms with Gasteiger partial charge in [0, 0.05) is 18.6 Å². The Labute approximate surface area is 112 Å². The van der Waals surface area contributed by atoms with Crippen molar-refractivity contribution in [2.45, 2.75) is 50.4 Å². The van der Waals surface area contributed by atoms with Gasteiger partial charge in [0.1, 0.15) is 0 Å². The van der Waals surface area contributed by atoms with Gasteiger partial charge in [0.2, 0.25) is 6.79 Å². The molecule has 3 aliphatic heterocycles. The van der Waals surface area contributed by atoms with E-state index in [1.54, 1.807) is 0 Å². The number of aliphatic hydroxyl groups is 1. The summed E-state index contributed by atoms with van der Waals surface area (Å²) in [5.41, 5.74) is 1.28. The van der Waals surface area contributed by atoms with E-state index in [1.807, 2.05) is 6.07 Å². The largest absolute Gasteiger partial charge is 0.454 e. The molecule has 1 aromatic carbocycles. The molecule has 0 saturated carbocycles. The molecule has 19 heavy (non-hydrogen) atoms. The van der Waals surface area contributed by atoms with Gasteiger partial charge in [-0.15, -0.1) is 0 Å². The van der Waals surface area contributed by atoms with Gasteiger partial charge < -0.3 is 14.6 Å². The Morgan fingerprint density at radius 2 is 1.84 bits per heavy atom. The average molecular weight is 261 g/mol. The number of fused-ring (bicyclic) bond motifs is 3. The molecule has 102 valence electrons. The molecule has 0 radical (unpaired) electrons. The summed E-state index contributed by atoms with van der Waals surface area (Å²) in [5.74, 6) is 1.71. The monoisotopic (exact) mass is 261 g/mol. The van der Waals surface area contributed by atoms with Crippen LogP contribution in [0.3, 0.4) is 0 Å². The first-order valence-corrected chi connectivity index (χ1v) is 7.12. The Balaban J connectivity index is 1.53. The molecule has 3 aliphatic rings. The zero-order chi connectivity index (χ0) is 12.8. The molecule has 2 saturated heterocycles. The van der Waals surface area contributed by atoms with E-state index in [9.17, 15) is 5.11 Å². The Bertz CT molecular complexity index is 476. The third-order valence-corrected chi connectivity index (χ3v) is 4.66. The zero-order valence-corrected chi connectivity index (χ0v) is 10.9. The highest BCUT2D eigenvalue weighted by Crippen LogP contribution is 2.38. The predicted octanol–water partition coefficient (Wildman–Crippen LogP) is 1.90. The topological polar surface area (TPSA) is 41.9 Å². The number of rotatable bonds is 2. The van der Waals surface area contributed by atoms with Crippen molar-refractivity contribution in [1.29, 1.82) is 0 Å². The number of ether oxygens (including phenoxy) is 2. The third-order valence-electron chi connectivity index (χ3n) is 4.66. The van der Waals surface area contributed by atoms with Crippen molar-refractivity contribution in [3.8, 4) is 11.5 Å². The molecule has 4 nitrogen and oxygen atoms in total. The predicted molar refractivity (Wildman–Crippen MR) is 70.2 cm³/mol. The van der Waals surface area contributed by atoms with Gasteiger partial charge in [0.25, 0.3) is 0 Å². The van der Waals surface area contributed by atoms with Crippen molar-refractivity contribution in [2.24, 2.45) is 0 Å². The van der Waals surface area contributed by atoms with Crippen molar-refractivity contribution < 1.29 is 14.6 Å². The summed E-state index contributed by atoms with van der Waals surface area (Å²) in [6.45, 7) is 1.29. The standard InChI is InChI=1S/C15H19NO3/c17-13-6-11-2-3-12(7-13)16(11)8-10-1-4-14-15(5-10)19-9-18-14/h1,4-5,11-13,17H,2-3,6-9H2. The van der Waals surface area contributed by atoms with Crippen LogP contribution < -0.4 is 9.47 Å². The second-order valence-corrected chi connectivity index (χ2v) is 5.87. The second kappa shape index (κ2) is 4.39. The Morgan fingerprint density at radius 1 is 1.11 bits per heavy atom. The maximum absolute atomic E-state index is 9.84. The number of aliphatic hydroxyl groups excluding tert-OH is 1. The van der Waals surface area contributed by atoms with Gasteiger partial charge in [-0.25, -0.2) is 0 Å². The van der Waals surface area contributed by atoms with E-state index >= 15 is 0 Å². The zero-order valence-electron chi connectivity index (χ0n) is 10.9. The fraction of sp³-hybridized carbons (Fsp3) is 0.600. The van der Waals surface area contributed by atoms with Crippen LogP contribution in [0.15, 0.2) is 18.2 Å². The molecule has 4 heteroatoms. The summed E-state index contributed by atoms with van der Waals surface area (Å²) in [4.78, 5) is 2.56. The molecule has 3 heterocycles. The van der Waals surface area contributed by atoms with Crippen molar-refractivity contribution in [2.75, 3.05) is 6.79 Å². The summed E-state index contributed by atoms with van der Waals surface area (Å²) in [6.07, 6.45) is 4.23. The molecule has 2 unspecified atom stereocenters. The van der Waals surface area contributed by atoms with E-state index < -0.39 is 0 Å². The highest BCUT2D eigenvalue weighted by atomic mass is 16.7. The first-order valence-electron chi connectivity index (χ1n) is 7.12. The molecule has 1 N–H and O–H groups in total. The first-order chi connectivity index (χ1) is 9.29. The molecule has 2 bridgehead atoms. The minimum absolute atomic E-state index is 0.0921. The lowest BCUT2D eigenvalue weighted by Gasteiger charge is -2.37. The van der Waals surface area contributed by atoms with E-state index in [1.165, 1.54) is 18.4 Å². The number of benzene rings is 1. The molecule has 0 spiro atoms. The van der Waals surface area contributed by atoms with Gasteiger partial charge in [-0.1, -0.05) is 6.07 Å². The lowest BCUT2D eigenvalue weighted by atomic mass is 9.99. The SMILES string of the molecule is OC1CC2CCC(C1)N2Cc1ccc2c(c1)OCO2. The van der Waals surface area contributed by atoms with E-state index in [2.05, 4.69) is 17.0 Å². The number of hydrogen-bond donors (Lipinski definition) is 1. The van der Waals surface area contributed by atoms with E-state index in [-0.39, 0.29) is 6.10 Å². The molecule has 0 amide bonds. The van der Waals surface area contributed by atoms with Crippen molar-refractivity contribution >= 4 is 0 Å². The molecule has 2 fully saturated rings. The lowest BCUT2D eigenvalue weighted by molar-refractivity contribution is 0.0310. The van der Waals surface area contributed by atoms with Gasteiger partial charge in [0.05, 0.1) is 6.10 Å². The second-order valence-electron chi connectivity index (χ2n) is 5.87. The minimum Gasteiger partial charge on any atom is -0.454 e.